The topological polar surface area (TPSA) is 115 Å². The Morgan fingerprint density at radius 1 is 1.14 bits per heavy atom. The van der Waals surface area contributed by atoms with Crippen LogP contribution in [0.2, 0.25) is 0 Å². The van der Waals surface area contributed by atoms with Crippen LogP contribution in [0, 0.1) is 10.1 Å². The zero-order chi connectivity index (χ0) is 19.7. The number of hydrogen-bond donors (Lipinski definition) is 2. The Bertz CT molecular complexity index is 1100. The highest BCUT2D eigenvalue weighted by molar-refractivity contribution is 7.99. The Morgan fingerprint density at radius 3 is 2.46 bits per heavy atom. The van der Waals surface area contributed by atoms with Crippen molar-refractivity contribution in [3.8, 4) is 21.1 Å². The SMILES string of the molecule is NC(=O)c1ccc(Sc2nc(-c3cccs3)c(-c3cccs3)[nH]2)c([N+](=O)[O-])c1. The first-order chi connectivity index (χ1) is 13.5. The van der Waals surface area contributed by atoms with Crippen LogP contribution in [0.25, 0.3) is 21.1 Å². The van der Waals surface area contributed by atoms with Gasteiger partial charge in [0.05, 0.1) is 25.3 Å². The molecule has 0 bridgehead atoms. The van der Waals surface area contributed by atoms with Crippen LogP contribution in [0.5, 0.6) is 0 Å². The first-order valence-corrected chi connectivity index (χ1v) is 10.5. The van der Waals surface area contributed by atoms with E-state index in [0.29, 0.717) is 10.1 Å². The van der Waals surface area contributed by atoms with Gasteiger partial charge in [0.1, 0.15) is 5.69 Å². The monoisotopic (exact) mass is 428 g/mol. The van der Waals surface area contributed by atoms with Gasteiger partial charge >= 0.3 is 0 Å². The van der Waals surface area contributed by atoms with Crippen LogP contribution >= 0.6 is 34.4 Å². The van der Waals surface area contributed by atoms with Crippen molar-refractivity contribution < 1.29 is 9.72 Å². The second-order valence-electron chi connectivity index (χ2n) is 5.63. The molecule has 3 heterocycles. The molecule has 1 aromatic carbocycles. The van der Waals surface area contributed by atoms with E-state index in [4.69, 9.17) is 5.73 Å². The molecule has 0 atom stereocenters. The number of thiophene rings is 2. The maximum Gasteiger partial charge on any atom is 0.284 e. The summed E-state index contributed by atoms with van der Waals surface area (Å²) in [6.07, 6.45) is 0. The highest BCUT2D eigenvalue weighted by Crippen LogP contribution is 2.40. The molecular formula is C18H12N4O3S3. The zero-order valence-corrected chi connectivity index (χ0v) is 16.6. The molecule has 0 aliphatic heterocycles. The fraction of sp³-hybridized carbons (Fsp3) is 0. The summed E-state index contributed by atoms with van der Waals surface area (Å²) in [6, 6.07) is 12.1. The predicted octanol–water partition coefficient (Wildman–Crippen LogP) is 5.03. The number of H-pyrrole nitrogens is 1. The number of nitrogens with zero attached hydrogens (tertiary/aromatic N) is 2. The third-order valence-corrected chi connectivity index (χ3v) is 6.57. The normalized spacial score (nSPS) is 10.9. The van der Waals surface area contributed by atoms with Crippen LogP contribution in [-0.4, -0.2) is 20.8 Å². The van der Waals surface area contributed by atoms with E-state index in [1.807, 2.05) is 35.0 Å². The molecule has 3 N–H and O–H groups in total. The average molecular weight is 429 g/mol. The standard InChI is InChI=1S/C18H12N4O3S3/c19-17(23)10-5-6-12(11(9-10)22(24)25)28-18-20-15(13-3-1-7-26-13)16(21-18)14-4-2-8-27-14/h1-9H,(H2,19,23)(H,20,21). The van der Waals surface area contributed by atoms with E-state index in [1.165, 1.54) is 18.2 Å². The van der Waals surface area contributed by atoms with Crippen molar-refractivity contribution >= 4 is 46.0 Å². The Balaban J connectivity index is 1.76. The predicted molar refractivity (Wildman–Crippen MR) is 111 cm³/mol. The van der Waals surface area contributed by atoms with E-state index in [2.05, 4.69) is 9.97 Å². The van der Waals surface area contributed by atoms with E-state index >= 15 is 0 Å². The highest BCUT2D eigenvalue weighted by atomic mass is 32.2. The van der Waals surface area contributed by atoms with Gasteiger partial charge in [0.25, 0.3) is 5.69 Å². The first-order valence-electron chi connectivity index (χ1n) is 7.97. The smallest absolute Gasteiger partial charge is 0.284 e. The highest BCUT2D eigenvalue weighted by Gasteiger charge is 2.21. The lowest BCUT2D eigenvalue weighted by molar-refractivity contribution is -0.387. The number of rotatable bonds is 6. The van der Waals surface area contributed by atoms with Crippen LogP contribution < -0.4 is 5.73 Å². The van der Waals surface area contributed by atoms with Crippen molar-refractivity contribution in [3.05, 3.63) is 68.9 Å². The van der Waals surface area contributed by atoms with Crippen molar-refractivity contribution in [1.29, 1.82) is 0 Å². The van der Waals surface area contributed by atoms with Gasteiger partial charge in [-0.25, -0.2) is 4.98 Å². The van der Waals surface area contributed by atoms with E-state index in [0.717, 1.165) is 32.9 Å². The lowest BCUT2D eigenvalue weighted by atomic mass is 10.2. The Labute approximate surface area is 171 Å². The van der Waals surface area contributed by atoms with Crippen molar-refractivity contribution in [2.24, 2.45) is 5.73 Å². The number of benzene rings is 1. The number of primary amides is 1. The third kappa shape index (κ3) is 3.57. The first kappa shape index (κ1) is 18.4. The van der Waals surface area contributed by atoms with Gasteiger partial charge in [0, 0.05) is 11.6 Å². The molecule has 0 radical (unpaired) electrons. The molecule has 0 unspecified atom stereocenters. The number of nitro groups is 1. The summed E-state index contributed by atoms with van der Waals surface area (Å²) in [6.45, 7) is 0. The number of hydrogen-bond acceptors (Lipinski definition) is 7. The summed E-state index contributed by atoms with van der Waals surface area (Å²) in [5.74, 6) is -0.711. The molecule has 10 heteroatoms. The number of nitro benzene ring substituents is 1. The molecule has 0 spiro atoms. The molecule has 28 heavy (non-hydrogen) atoms. The van der Waals surface area contributed by atoms with Crippen molar-refractivity contribution in [2.75, 3.05) is 0 Å². The lowest BCUT2D eigenvalue weighted by Gasteiger charge is -2.02. The molecule has 0 aliphatic carbocycles. The maximum atomic E-state index is 11.4. The average Bonchev–Trinajstić information content (AvgIpc) is 3.42. The minimum absolute atomic E-state index is 0.0917. The molecule has 140 valence electrons. The summed E-state index contributed by atoms with van der Waals surface area (Å²) in [5, 5.41) is 15.9. The molecular weight excluding hydrogens is 416 g/mol. The fourth-order valence-electron chi connectivity index (χ4n) is 2.59. The van der Waals surface area contributed by atoms with Crippen LogP contribution in [-0.2, 0) is 0 Å². The molecule has 0 saturated heterocycles. The summed E-state index contributed by atoms with van der Waals surface area (Å²) in [4.78, 5) is 32.6. The van der Waals surface area contributed by atoms with E-state index in [1.54, 1.807) is 22.7 Å². The van der Waals surface area contributed by atoms with Crippen molar-refractivity contribution in [1.82, 2.24) is 9.97 Å². The van der Waals surface area contributed by atoms with Gasteiger partial charge in [-0.15, -0.1) is 22.7 Å². The lowest BCUT2D eigenvalue weighted by Crippen LogP contribution is -2.11. The molecule has 1 amide bonds. The largest absolute Gasteiger partial charge is 0.366 e. The number of carbonyl (C=O) groups is 1. The minimum Gasteiger partial charge on any atom is -0.366 e. The maximum absolute atomic E-state index is 11.4. The Hall–Kier alpha value is -2.95. The number of nitrogens with two attached hydrogens (primary N) is 1. The molecule has 0 saturated carbocycles. The van der Waals surface area contributed by atoms with E-state index in [9.17, 15) is 14.9 Å². The van der Waals surface area contributed by atoms with Gasteiger partial charge in [-0.2, -0.15) is 0 Å². The van der Waals surface area contributed by atoms with Gasteiger partial charge in [0.15, 0.2) is 5.16 Å². The summed E-state index contributed by atoms with van der Waals surface area (Å²) in [5.41, 5.74) is 6.81. The molecule has 3 aromatic heterocycles. The number of carbonyl (C=O) groups excluding carboxylic acids is 1. The summed E-state index contributed by atoms with van der Waals surface area (Å²) >= 11 is 4.30. The molecule has 0 fully saturated rings. The molecule has 7 nitrogen and oxygen atoms in total. The van der Waals surface area contributed by atoms with Gasteiger partial charge in [-0.05, 0) is 46.8 Å². The second kappa shape index (κ2) is 7.58. The van der Waals surface area contributed by atoms with Crippen LogP contribution in [0.4, 0.5) is 5.69 Å². The number of nitrogens with one attached hydrogen (secondary N) is 1. The van der Waals surface area contributed by atoms with Gasteiger partial charge < -0.3 is 10.7 Å². The van der Waals surface area contributed by atoms with Crippen LogP contribution in [0.15, 0.2) is 63.3 Å². The molecule has 4 rings (SSSR count). The van der Waals surface area contributed by atoms with Gasteiger partial charge in [-0.1, -0.05) is 12.1 Å². The van der Waals surface area contributed by atoms with Crippen molar-refractivity contribution in [2.45, 2.75) is 10.1 Å². The zero-order valence-electron chi connectivity index (χ0n) is 14.1. The Morgan fingerprint density at radius 2 is 1.86 bits per heavy atom. The van der Waals surface area contributed by atoms with Gasteiger partial charge in [-0.3, -0.25) is 14.9 Å². The Kier molecular flexibility index (Phi) is 4.99. The molecule has 4 aromatic rings. The summed E-state index contributed by atoms with van der Waals surface area (Å²) < 4.78 is 0. The van der Waals surface area contributed by atoms with Gasteiger partial charge in [0.2, 0.25) is 5.91 Å². The number of amides is 1. The number of aromatic amines is 1. The quantitative estimate of drug-likeness (QED) is 0.330. The third-order valence-electron chi connectivity index (χ3n) is 3.85. The van der Waals surface area contributed by atoms with E-state index < -0.39 is 10.8 Å². The second-order valence-corrected chi connectivity index (χ2v) is 8.55. The number of imidazole rings is 1. The molecule has 0 aliphatic rings. The van der Waals surface area contributed by atoms with Crippen molar-refractivity contribution in [3.63, 3.8) is 0 Å². The van der Waals surface area contributed by atoms with Crippen LogP contribution in [0.1, 0.15) is 10.4 Å². The summed E-state index contributed by atoms with van der Waals surface area (Å²) in [7, 11) is 0. The minimum atomic E-state index is -0.711. The van der Waals surface area contributed by atoms with Crippen LogP contribution in [0.3, 0.4) is 0 Å². The fourth-order valence-corrected chi connectivity index (χ4v) is 4.91. The van der Waals surface area contributed by atoms with E-state index in [-0.39, 0.29) is 11.3 Å². The number of aromatic nitrogens is 2.